The average Bonchev–Trinajstić information content (AvgIpc) is 2.91. The van der Waals surface area contributed by atoms with Gasteiger partial charge in [0.15, 0.2) is 23.0 Å². The maximum Gasteiger partial charge on any atom is 0.161 e. The number of hydrogen-bond acceptors (Lipinski definition) is 6. The SMILES string of the molecule is CCC1=C(C[C@@H]2NCCc3cc(OC)c(OC)cc32)C[C@H]2c3cc(OC)c(OC)cc3CCN2C1.Cl. The Balaban J connectivity index is 0.00000304. The van der Waals surface area contributed by atoms with E-state index in [1.807, 2.05) is 0 Å². The quantitative estimate of drug-likeness (QED) is 0.497. The lowest BCUT2D eigenvalue weighted by Gasteiger charge is -2.43. The van der Waals surface area contributed by atoms with Gasteiger partial charge in [0.2, 0.25) is 0 Å². The van der Waals surface area contributed by atoms with Crippen LogP contribution in [-0.2, 0) is 12.8 Å². The third-order valence-corrected chi connectivity index (χ3v) is 8.13. The summed E-state index contributed by atoms with van der Waals surface area (Å²) in [6, 6.07) is 9.41. The third kappa shape index (κ3) is 4.79. The molecular weight excluding hydrogens is 476 g/mol. The lowest BCUT2D eigenvalue weighted by Crippen LogP contribution is -2.40. The molecule has 3 aliphatic rings. The Bertz CT molecular complexity index is 1130. The number of halogens is 1. The molecule has 2 aromatic rings. The molecule has 5 rings (SSSR count). The van der Waals surface area contributed by atoms with Crippen LogP contribution in [0.2, 0.25) is 0 Å². The van der Waals surface area contributed by atoms with Crippen molar-refractivity contribution in [2.75, 3.05) is 48.1 Å². The first-order valence-corrected chi connectivity index (χ1v) is 12.8. The van der Waals surface area contributed by atoms with Crippen LogP contribution in [0.1, 0.15) is 60.5 Å². The van der Waals surface area contributed by atoms with Gasteiger partial charge in [-0.05, 0) is 85.2 Å². The standard InChI is InChI=1S/C29H38N2O4.ClH/c1-6-18-17-31-10-8-20-14-27(33-3)29(35-5)16-23(20)25(31)12-21(18)11-24-22-15-28(34-4)26(32-2)13-19(22)7-9-30-24;/h13-16,24-25,30H,6-12,17H2,1-5H3;1H/t24-,25-;/m0./s1. The highest BCUT2D eigenvalue weighted by atomic mass is 35.5. The fourth-order valence-corrected chi connectivity index (χ4v) is 6.23. The Hall–Kier alpha value is -2.41. The van der Waals surface area contributed by atoms with Crippen molar-refractivity contribution in [3.8, 4) is 23.0 Å². The summed E-state index contributed by atoms with van der Waals surface area (Å²) < 4.78 is 22.5. The average molecular weight is 515 g/mol. The molecule has 0 saturated heterocycles. The molecule has 0 saturated carbocycles. The van der Waals surface area contributed by atoms with Crippen LogP contribution >= 0.6 is 12.4 Å². The Morgan fingerprint density at radius 1 is 0.806 bits per heavy atom. The van der Waals surface area contributed by atoms with E-state index in [0.29, 0.717) is 6.04 Å². The summed E-state index contributed by atoms with van der Waals surface area (Å²) in [6.45, 7) is 5.43. The summed E-state index contributed by atoms with van der Waals surface area (Å²) in [5, 5.41) is 3.80. The molecule has 2 atom stereocenters. The predicted octanol–water partition coefficient (Wildman–Crippen LogP) is 5.43. The Morgan fingerprint density at radius 3 is 2.00 bits per heavy atom. The molecule has 196 valence electrons. The summed E-state index contributed by atoms with van der Waals surface area (Å²) in [6.07, 6.45) is 5.25. The van der Waals surface area contributed by atoms with E-state index >= 15 is 0 Å². The maximum atomic E-state index is 5.66. The monoisotopic (exact) mass is 514 g/mol. The third-order valence-electron chi connectivity index (χ3n) is 8.13. The van der Waals surface area contributed by atoms with Crippen molar-refractivity contribution in [2.45, 2.75) is 51.1 Å². The van der Waals surface area contributed by atoms with Crippen molar-refractivity contribution in [3.05, 3.63) is 57.7 Å². The Morgan fingerprint density at radius 2 is 1.39 bits per heavy atom. The van der Waals surface area contributed by atoms with Gasteiger partial charge in [0, 0.05) is 25.2 Å². The zero-order valence-corrected chi connectivity index (χ0v) is 22.9. The molecule has 0 aromatic heterocycles. The molecule has 7 heteroatoms. The second kappa shape index (κ2) is 11.3. The molecule has 0 aliphatic carbocycles. The number of benzene rings is 2. The van der Waals surface area contributed by atoms with Gasteiger partial charge < -0.3 is 24.3 Å². The number of hydrogen-bond donors (Lipinski definition) is 1. The largest absolute Gasteiger partial charge is 0.493 e. The first kappa shape index (κ1) is 26.6. The van der Waals surface area contributed by atoms with E-state index in [1.54, 1.807) is 39.6 Å². The van der Waals surface area contributed by atoms with E-state index < -0.39 is 0 Å². The molecular formula is C29H39ClN2O4. The number of methoxy groups -OCH3 is 4. The first-order valence-electron chi connectivity index (χ1n) is 12.8. The number of rotatable bonds is 7. The molecule has 0 amide bonds. The van der Waals surface area contributed by atoms with Crippen LogP contribution in [0.3, 0.4) is 0 Å². The molecule has 1 N–H and O–H groups in total. The number of nitrogens with zero attached hydrogens (tertiary/aromatic N) is 1. The molecule has 0 unspecified atom stereocenters. The van der Waals surface area contributed by atoms with Crippen molar-refractivity contribution in [3.63, 3.8) is 0 Å². The van der Waals surface area contributed by atoms with Crippen molar-refractivity contribution in [1.29, 1.82) is 0 Å². The number of ether oxygens (including phenoxy) is 4. The van der Waals surface area contributed by atoms with E-state index in [9.17, 15) is 0 Å². The van der Waals surface area contributed by atoms with Gasteiger partial charge in [0.1, 0.15) is 0 Å². The molecule has 2 aromatic carbocycles. The van der Waals surface area contributed by atoms with Crippen LogP contribution in [0.25, 0.3) is 0 Å². The van der Waals surface area contributed by atoms with Crippen molar-refractivity contribution >= 4 is 12.4 Å². The van der Waals surface area contributed by atoms with Crippen LogP contribution in [0.4, 0.5) is 0 Å². The lowest BCUT2D eigenvalue weighted by molar-refractivity contribution is 0.181. The molecule has 0 fully saturated rings. The molecule has 0 radical (unpaired) electrons. The van der Waals surface area contributed by atoms with Gasteiger partial charge in [-0.15, -0.1) is 12.4 Å². The van der Waals surface area contributed by atoms with Gasteiger partial charge in [0.25, 0.3) is 0 Å². The van der Waals surface area contributed by atoms with E-state index in [2.05, 4.69) is 41.4 Å². The highest BCUT2D eigenvalue weighted by Gasteiger charge is 2.35. The van der Waals surface area contributed by atoms with E-state index in [4.69, 9.17) is 18.9 Å². The van der Waals surface area contributed by atoms with Gasteiger partial charge >= 0.3 is 0 Å². The van der Waals surface area contributed by atoms with Crippen LogP contribution < -0.4 is 24.3 Å². The van der Waals surface area contributed by atoms with Crippen LogP contribution in [-0.4, -0.2) is 53.0 Å². The molecule has 0 bridgehead atoms. The topological polar surface area (TPSA) is 52.2 Å². The van der Waals surface area contributed by atoms with E-state index in [0.717, 1.165) is 74.7 Å². The molecule has 3 heterocycles. The zero-order chi connectivity index (χ0) is 24.5. The summed E-state index contributed by atoms with van der Waals surface area (Å²) in [4.78, 5) is 2.66. The first-order chi connectivity index (χ1) is 17.1. The zero-order valence-electron chi connectivity index (χ0n) is 22.1. The summed E-state index contributed by atoms with van der Waals surface area (Å²) >= 11 is 0. The predicted molar refractivity (Wildman–Crippen MR) is 145 cm³/mol. The normalized spacial score (nSPS) is 21.0. The van der Waals surface area contributed by atoms with Gasteiger partial charge in [-0.1, -0.05) is 18.1 Å². The van der Waals surface area contributed by atoms with Gasteiger partial charge in [0.05, 0.1) is 28.4 Å². The van der Waals surface area contributed by atoms with Crippen LogP contribution in [0.15, 0.2) is 35.4 Å². The highest BCUT2D eigenvalue weighted by molar-refractivity contribution is 5.85. The number of nitrogens with one attached hydrogen (secondary N) is 1. The van der Waals surface area contributed by atoms with Crippen LogP contribution in [0, 0.1) is 0 Å². The van der Waals surface area contributed by atoms with Gasteiger partial charge in [-0.25, -0.2) is 0 Å². The smallest absolute Gasteiger partial charge is 0.161 e. The summed E-state index contributed by atoms with van der Waals surface area (Å²) in [5.74, 6) is 3.27. The Labute approximate surface area is 221 Å². The fraction of sp³-hybridized carbons (Fsp3) is 0.517. The fourth-order valence-electron chi connectivity index (χ4n) is 6.23. The molecule has 36 heavy (non-hydrogen) atoms. The van der Waals surface area contributed by atoms with Crippen molar-refractivity contribution in [1.82, 2.24) is 10.2 Å². The lowest BCUT2D eigenvalue weighted by atomic mass is 9.80. The minimum atomic E-state index is 0. The summed E-state index contributed by atoms with van der Waals surface area (Å²) in [5.41, 5.74) is 8.68. The van der Waals surface area contributed by atoms with Crippen LogP contribution in [0.5, 0.6) is 23.0 Å². The van der Waals surface area contributed by atoms with Crippen molar-refractivity contribution < 1.29 is 18.9 Å². The van der Waals surface area contributed by atoms with E-state index in [-0.39, 0.29) is 18.4 Å². The van der Waals surface area contributed by atoms with Gasteiger partial charge in [-0.3, -0.25) is 4.90 Å². The second-order valence-electron chi connectivity index (χ2n) is 9.77. The number of fused-ring (bicyclic) bond motifs is 4. The van der Waals surface area contributed by atoms with Crippen molar-refractivity contribution in [2.24, 2.45) is 0 Å². The summed E-state index contributed by atoms with van der Waals surface area (Å²) in [7, 11) is 6.86. The van der Waals surface area contributed by atoms with E-state index in [1.165, 1.54) is 22.3 Å². The van der Waals surface area contributed by atoms with Gasteiger partial charge in [-0.2, -0.15) is 0 Å². The molecule has 6 nitrogen and oxygen atoms in total. The molecule has 3 aliphatic heterocycles. The highest BCUT2D eigenvalue weighted by Crippen LogP contribution is 2.46. The maximum absolute atomic E-state index is 5.66. The Kier molecular flexibility index (Phi) is 8.38. The molecule has 0 spiro atoms. The minimum Gasteiger partial charge on any atom is -0.493 e. The second-order valence-corrected chi connectivity index (χ2v) is 9.77. The minimum absolute atomic E-state index is 0.